The van der Waals surface area contributed by atoms with E-state index in [9.17, 15) is 45.7 Å². The summed E-state index contributed by atoms with van der Waals surface area (Å²) in [4.78, 5) is 0. The number of ether oxygens (including phenoxy) is 1. The number of aliphatic hydroxyl groups excluding tert-OH is 3. The lowest BCUT2D eigenvalue weighted by Gasteiger charge is -2.39. The number of rotatable bonds is 4. The number of nitrogens with zero attached hydrogens (tertiary/aromatic N) is 3. The lowest BCUT2D eigenvalue weighted by atomic mass is 9.97. The maximum Gasteiger partial charge on any atom is 0.200 e. The lowest BCUT2D eigenvalue weighted by Crippen LogP contribution is -2.56. The fourth-order valence-corrected chi connectivity index (χ4v) is 3.62. The minimum Gasteiger partial charge on any atom is -0.394 e. The summed E-state index contributed by atoms with van der Waals surface area (Å²) in [7, 11) is -3.40. The normalized spacial score (nSPS) is 27.6. The highest BCUT2D eigenvalue weighted by molar-refractivity contribution is 7.73. The molecule has 2 aromatic rings. The highest BCUT2D eigenvalue weighted by atomic mass is 32.2. The van der Waals surface area contributed by atoms with E-state index in [1.807, 2.05) is 0 Å². The van der Waals surface area contributed by atoms with Gasteiger partial charge in [-0.3, -0.25) is 0 Å². The van der Waals surface area contributed by atoms with E-state index in [2.05, 4.69) is 10.3 Å². The fourth-order valence-electron chi connectivity index (χ4n) is 2.94. The van der Waals surface area contributed by atoms with Crippen LogP contribution in [0.5, 0.6) is 0 Å². The monoisotopic (exact) mass is 445 g/mol. The molecule has 0 spiro atoms. The predicted molar refractivity (Wildman–Crippen MR) is 82.4 cm³/mol. The molecule has 2 heterocycles. The van der Waals surface area contributed by atoms with Gasteiger partial charge in [0.1, 0.15) is 30.0 Å². The van der Waals surface area contributed by atoms with Crippen molar-refractivity contribution in [3.8, 4) is 11.3 Å². The quantitative estimate of drug-likeness (QED) is 0.209. The van der Waals surface area contributed by atoms with Crippen LogP contribution in [0.1, 0.15) is 6.04 Å². The summed E-state index contributed by atoms with van der Waals surface area (Å²) in [6, 6.07) is -1.64. The van der Waals surface area contributed by atoms with Crippen LogP contribution in [-0.2, 0) is 15.4 Å². The zero-order valence-corrected chi connectivity index (χ0v) is 14.8. The van der Waals surface area contributed by atoms with Crippen molar-refractivity contribution in [3.63, 3.8) is 0 Å². The summed E-state index contributed by atoms with van der Waals surface area (Å²) >= 11 is 0. The molecular weight excluding hydrogens is 433 g/mol. The summed E-state index contributed by atoms with van der Waals surface area (Å²) < 4.78 is 95.9. The number of thiol groups is 1. The van der Waals surface area contributed by atoms with E-state index < -0.39 is 87.4 Å². The molecule has 1 aliphatic heterocycles. The highest BCUT2D eigenvalue weighted by Crippen LogP contribution is 2.33. The van der Waals surface area contributed by atoms with Crippen LogP contribution in [0.2, 0.25) is 0 Å². The minimum absolute atomic E-state index is 0.583. The van der Waals surface area contributed by atoms with Crippen LogP contribution in [-0.4, -0.2) is 69.1 Å². The molecule has 0 radical (unpaired) electrons. The van der Waals surface area contributed by atoms with Gasteiger partial charge in [-0.1, -0.05) is 5.21 Å². The second kappa shape index (κ2) is 7.91. The van der Waals surface area contributed by atoms with Gasteiger partial charge in [0.05, 0.1) is 18.4 Å². The number of halogens is 5. The van der Waals surface area contributed by atoms with Crippen LogP contribution in [0.3, 0.4) is 0 Å². The number of hydrogen-bond donors (Lipinski definition) is 4. The highest BCUT2D eigenvalue weighted by Gasteiger charge is 2.47. The smallest absolute Gasteiger partial charge is 0.200 e. The van der Waals surface area contributed by atoms with Gasteiger partial charge in [-0.25, -0.2) is 35.1 Å². The Morgan fingerprint density at radius 3 is 2.07 bits per heavy atom. The fraction of sp³-hybridized carbons (Fsp3) is 0.429. The van der Waals surface area contributed by atoms with Crippen LogP contribution < -0.4 is 0 Å². The molecule has 1 saturated heterocycles. The first-order chi connectivity index (χ1) is 13.6. The van der Waals surface area contributed by atoms with E-state index in [1.165, 1.54) is 0 Å². The Bertz CT molecular complexity index is 981. The Morgan fingerprint density at radius 1 is 1.00 bits per heavy atom. The molecule has 0 amide bonds. The molecular formula is C14H12F5N3O6S. The molecule has 3 N–H and O–H groups in total. The van der Waals surface area contributed by atoms with Crippen LogP contribution in [0.4, 0.5) is 22.0 Å². The van der Waals surface area contributed by atoms with Gasteiger partial charge < -0.3 is 20.1 Å². The van der Waals surface area contributed by atoms with Gasteiger partial charge in [-0.2, -0.15) is 0 Å². The summed E-state index contributed by atoms with van der Waals surface area (Å²) in [6.45, 7) is -0.858. The maximum atomic E-state index is 13.9. The standard InChI is InChI=1S/C14H12F5N3O6S/c15-6-5(7(16)9(18)10(19)8(6)17)3-1-22(21-20-3)11-12(24)4(2-23)28-14(13(11)25)29(26)27/h1,4,11-14,23-25,29H,2H2/t4?,11-,12-,13?,14+/m0/s1. The van der Waals surface area contributed by atoms with Gasteiger partial charge in [0.15, 0.2) is 39.4 Å². The molecule has 0 saturated carbocycles. The molecule has 5 atom stereocenters. The van der Waals surface area contributed by atoms with Crippen molar-refractivity contribution >= 4 is 10.7 Å². The third-order valence-corrected chi connectivity index (χ3v) is 5.20. The number of benzene rings is 1. The van der Waals surface area contributed by atoms with Gasteiger partial charge in [-0.15, -0.1) is 5.10 Å². The van der Waals surface area contributed by atoms with Crippen LogP contribution in [0, 0.1) is 29.1 Å². The zero-order valence-electron chi connectivity index (χ0n) is 13.9. The number of aromatic nitrogens is 3. The molecule has 1 aliphatic rings. The molecule has 1 aromatic heterocycles. The van der Waals surface area contributed by atoms with Crippen molar-refractivity contribution in [1.29, 1.82) is 0 Å². The zero-order chi connectivity index (χ0) is 21.6. The second-order valence-corrected chi connectivity index (χ2v) is 7.11. The van der Waals surface area contributed by atoms with E-state index in [-0.39, 0.29) is 0 Å². The Hall–Kier alpha value is -2.20. The van der Waals surface area contributed by atoms with Crippen molar-refractivity contribution in [1.82, 2.24) is 15.0 Å². The van der Waals surface area contributed by atoms with Crippen molar-refractivity contribution in [2.45, 2.75) is 29.8 Å². The second-order valence-electron chi connectivity index (χ2n) is 6.03. The third kappa shape index (κ3) is 3.48. The average molecular weight is 445 g/mol. The number of hydrogen-bond acceptors (Lipinski definition) is 8. The van der Waals surface area contributed by atoms with E-state index >= 15 is 0 Å². The molecule has 1 aromatic carbocycles. The molecule has 2 unspecified atom stereocenters. The van der Waals surface area contributed by atoms with Crippen molar-refractivity contribution < 1.29 is 50.4 Å². The van der Waals surface area contributed by atoms with Crippen molar-refractivity contribution in [3.05, 3.63) is 35.3 Å². The van der Waals surface area contributed by atoms with Gasteiger partial charge in [0, 0.05) is 0 Å². The largest absolute Gasteiger partial charge is 0.394 e. The number of aliphatic hydroxyl groups is 3. The Morgan fingerprint density at radius 2 is 1.55 bits per heavy atom. The van der Waals surface area contributed by atoms with E-state index in [0.717, 1.165) is 0 Å². The first-order valence-corrected chi connectivity index (χ1v) is 9.04. The SMILES string of the molecule is O=[SH](=O)[C@H]1OC(CO)[C@H](O)[C@H](n2cc(-c3c(F)c(F)c(F)c(F)c3F)nn2)C1O. The van der Waals surface area contributed by atoms with Gasteiger partial charge >= 0.3 is 0 Å². The first kappa shape index (κ1) is 21.5. The van der Waals surface area contributed by atoms with Crippen LogP contribution >= 0.6 is 0 Å². The summed E-state index contributed by atoms with van der Waals surface area (Å²) in [6.07, 6.45) is -4.56. The van der Waals surface area contributed by atoms with Gasteiger partial charge in [0.2, 0.25) is 5.82 Å². The molecule has 3 rings (SSSR count). The third-order valence-electron chi connectivity index (χ3n) is 4.36. The van der Waals surface area contributed by atoms with Crippen molar-refractivity contribution in [2.24, 2.45) is 0 Å². The Labute approximate surface area is 159 Å². The Kier molecular flexibility index (Phi) is 5.86. The summed E-state index contributed by atoms with van der Waals surface area (Å²) in [5, 5.41) is 36.3. The first-order valence-electron chi connectivity index (χ1n) is 7.79. The molecule has 15 heteroatoms. The molecule has 1 fully saturated rings. The summed E-state index contributed by atoms with van der Waals surface area (Å²) in [5.74, 6) is -11.2. The maximum absolute atomic E-state index is 13.9. The van der Waals surface area contributed by atoms with E-state index in [4.69, 9.17) is 4.74 Å². The Balaban J connectivity index is 2.08. The molecule has 0 bridgehead atoms. The predicted octanol–water partition coefficient (Wildman–Crippen LogP) is -0.768. The average Bonchev–Trinajstić information content (AvgIpc) is 3.14. The minimum atomic E-state index is -3.40. The molecule has 9 nitrogen and oxygen atoms in total. The van der Waals surface area contributed by atoms with Gasteiger partial charge in [0.25, 0.3) is 0 Å². The van der Waals surface area contributed by atoms with E-state index in [1.54, 1.807) is 0 Å². The van der Waals surface area contributed by atoms with Crippen molar-refractivity contribution in [2.75, 3.05) is 6.61 Å². The van der Waals surface area contributed by atoms with E-state index in [0.29, 0.717) is 10.9 Å². The molecule has 0 aliphatic carbocycles. The topological polar surface area (TPSA) is 135 Å². The van der Waals surface area contributed by atoms with Crippen LogP contribution in [0.25, 0.3) is 11.3 Å². The molecule has 160 valence electrons. The summed E-state index contributed by atoms with van der Waals surface area (Å²) in [5.41, 5.74) is -4.13. The molecule has 29 heavy (non-hydrogen) atoms. The van der Waals surface area contributed by atoms with Crippen LogP contribution in [0.15, 0.2) is 6.20 Å². The lowest BCUT2D eigenvalue weighted by molar-refractivity contribution is -0.180. The van der Waals surface area contributed by atoms with Gasteiger partial charge in [-0.05, 0) is 0 Å².